The molecule has 2 rings (SSSR count). The largest absolute Gasteiger partial charge is 0.394 e. The van der Waals surface area contributed by atoms with Crippen LogP contribution in [-0.2, 0) is 13.0 Å². The Hall–Kier alpha value is -0.870. The van der Waals surface area contributed by atoms with Crippen molar-refractivity contribution >= 4 is 0 Å². The fourth-order valence-corrected chi connectivity index (χ4v) is 2.11. The highest BCUT2D eigenvalue weighted by atomic mass is 16.3. The van der Waals surface area contributed by atoms with Crippen molar-refractivity contribution in [3.8, 4) is 0 Å². The molecule has 78 valence electrons. The van der Waals surface area contributed by atoms with Gasteiger partial charge in [0, 0.05) is 17.3 Å². The Morgan fingerprint density at radius 3 is 3.21 bits per heavy atom. The highest BCUT2D eigenvalue weighted by Crippen LogP contribution is 2.26. The standard InChI is InChI=1S/C10H17N3O/c11-9-3-1-2-4-10-8(9)7-12-13(10)5-6-14/h7,9,14H,1-6,11H2. The first kappa shape index (κ1) is 9.68. The van der Waals surface area contributed by atoms with Crippen LogP contribution in [0.25, 0.3) is 0 Å². The van der Waals surface area contributed by atoms with Crippen molar-refractivity contribution in [1.29, 1.82) is 0 Å². The summed E-state index contributed by atoms with van der Waals surface area (Å²) in [5.41, 5.74) is 8.44. The zero-order valence-corrected chi connectivity index (χ0v) is 8.32. The molecule has 0 saturated carbocycles. The molecule has 1 aromatic heterocycles. The Balaban J connectivity index is 2.30. The quantitative estimate of drug-likeness (QED) is 0.679. The van der Waals surface area contributed by atoms with Gasteiger partial charge in [0.1, 0.15) is 0 Å². The van der Waals surface area contributed by atoms with E-state index in [2.05, 4.69) is 5.10 Å². The van der Waals surface area contributed by atoms with Crippen molar-refractivity contribution in [2.24, 2.45) is 5.73 Å². The predicted molar refractivity (Wildman–Crippen MR) is 53.8 cm³/mol. The van der Waals surface area contributed by atoms with Gasteiger partial charge < -0.3 is 10.8 Å². The van der Waals surface area contributed by atoms with Crippen LogP contribution in [0, 0.1) is 0 Å². The minimum absolute atomic E-state index is 0.139. The first-order chi connectivity index (χ1) is 6.83. The third-order valence-electron chi connectivity index (χ3n) is 2.87. The maximum absolute atomic E-state index is 8.88. The van der Waals surface area contributed by atoms with E-state index in [9.17, 15) is 0 Å². The lowest BCUT2D eigenvalue weighted by atomic mass is 10.1. The van der Waals surface area contributed by atoms with Crippen molar-refractivity contribution in [2.45, 2.75) is 38.3 Å². The monoisotopic (exact) mass is 195 g/mol. The van der Waals surface area contributed by atoms with Crippen LogP contribution in [-0.4, -0.2) is 21.5 Å². The van der Waals surface area contributed by atoms with Gasteiger partial charge in [-0.25, -0.2) is 0 Å². The van der Waals surface area contributed by atoms with E-state index in [4.69, 9.17) is 10.8 Å². The first-order valence-corrected chi connectivity index (χ1v) is 5.24. The second-order valence-corrected chi connectivity index (χ2v) is 3.85. The molecule has 0 bridgehead atoms. The van der Waals surface area contributed by atoms with E-state index in [1.807, 2.05) is 10.9 Å². The fourth-order valence-electron chi connectivity index (χ4n) is 2.11. The molecule has 0 amide bonds. The number of hydrogen-bond donors (Lipinski definition) is 2. The summed E-state index contributed by atoms with van der Waals surface area (Å²) in [6.45, 7) is 0.728. The summed E-state index contributed by atoms with van der Waals surface area (Å²) in [4.78, 5) is 0. The minimum Gasteiger partial charge on any atom is -0.394 e. The third kappa shape index (κ3) is 1.67. The van der Waals surface area contributed by atoms with Gasteiger partial charge in [-0.2, -0.15) is 5.10 Å². The summed E-state index contributed by atoms with van der Waals surface area (Å²) in [6.07, 6.45) is 6.33. The number of nitrogens with two attached hydrogens (primary N) is 1. The fraction of sp³-hybridized carbons (Fsp3) is 0.700. The number of nitrogens with zero attached hydrogens (tertiary/aromatic N) is 2. The van der Waals surface area contributed by atoms with Crippen molar-refractivity contribution in [2.75, 3.05) is 6.61 Å². The van der Waals surface area contributed by atoms with E-state index in [0.29, 0.717) is 6.54 Å². The van der Waals surface area contributed by atoms with Crippen LogP contribution in [0.15, 0.2) is 6.20 Å². The second kappa shape index (κ2) is 4.11. The summed E-state index contributed by atoms with van der Waals surface area (Å²) >= 11 is 0. The molecule has 3 N–H and O–H groups in total. The Kier molecular flexibility index (Phi) is 2.84. The summed E-state index contributed by atoms with van der Waals surface area (Å²) in [7, 11) is 0. The second-order valence-electron chi connectivity index (χ2n) is 3.85. The molecule has 1 atom stereocenters. The Morgan fingerprint density at radius 1 is 1.57 bits per heavy atom. The molecule has 1 aliphatic rings. The topological polar surface area (TPSA) is 64.1 Å². The van der Waals surface area contributed by atoms with Gasteiger partial charge in [-0.15, -0.1) is 0 Å². The van der Waals surface area contributed by atoms with Gasteiger partial charge in [-0.1, -0.05) is 6.42 Å². The number of aliphatic hydroxyl groups is 1. The van der Waals surface area contributed by atoms with Gasteiger partial charge >= 0.3 is 0 Å². The molecule has 1 aliphatic carbocycles. The van der Waals surface area contributed by atoms with Gasteiger partial charge in [0.25, 0.3) is 0 Å². The van der Waals surface area contributed by atoms with E-state index in [-0.39, 0.29) is 12.6 Å². The van der Waals surface area contributed by atoms with Crippen molar-refractivity contribution < 1.29 is 5.11 Å². The summed E-state index contributed by atoms with van der Waals surface area (Å²) in [5, 5.41) is 13.1. The summed E-state index contributed by atoms with van der Waals surface area (Å²) in [5.74, 6) is 0. The molecule has 0 aromatic carbocycles. The number of fused-ring (bicyclic) bond motifs is 1. The number of rotatable bonds is 2. The minimum atomic E-state index is 0.139. The number of aliphatic hydroxyl groups excluding tert-OH is 1. The smallest absolute Gasteiger partial charge is 0.0644 e. The lowest BCUT2D eigenvalue weighted by Gasteiger charge is -2.08. The van der Waals surface area contributed by atoms with Crippen LogP contribution in [0.1, 0.15) is 36.6 Å². The Bertz CT molecular complexity index is 308. The maximum atomic E-state index is 8.88. The molecule has 0 saturated heterocycles. The average Bonchev–Trinajstić information content (AvgIpc) is 2.47. The first-order valence-electron chi connectivity index (χ1n) is 5.24. The highest BCUT2D eigenvalue weighted by molar-refractivity contribution is 5.23. The molecule has 1 aromatic rings. The van der Waals surface area contributed by atoms with Crippen molar-refractivity contribution in [1.82, 2.24) is 9.78 Å². The van der Waals surface area contributed by atoms with Crippen LogP contribution in [0.2, 0.25) is 0 Å². The van der Waals surface area contributed by atoms with Crippen molar-refractivity contribution in [3.05, 3.63) is 17.5 Å². The molecular weight excluding hydrogens is 178 g/mol. The van der Waals surface area contributed by atoms with E-state index in [0.717, 1.165) is 12.8 Å². The summed E-state index contributed by atoms with van der Waals surface area (Å²) < 4.78 is 1.89. The Morgan fingerprint density at radius 2 is 2.43 bits per heavy atom. The maximum Gasteiger partial charge on any atom is 0.0644 e. The van der Waals surface area contributed by atoms with Gasteiger partial charge in [-0.3, -0.25) is 4.68 Å². The van der Waals surface area contributed by atoms with Crippen LogP contribution < -0.4 is 5.73 Å². The molecule has 1 heterocycles. The lowest BCUT2D eigenvalue weighted by molar-refractivity contribution is 0.267. The molecule has 0 radical (unpaired) electrons. The molecule has 0 aliphatic heterocycles. The zero-order valence-electron chi connectivity index (χ0n) is 8.32. The van der Waals surface area contributed by atoms with Gasteiger partial charge in [0.2, 0.25) is 0 Å². The predicted octanol–water partition coefficient (Wildman–Crippen LogP) is 0.602. The van der Waals surface area contributed by atoms with Crippen LogP contribution in [0.5, 0.6) is 0 Å². The Labute approximate surface area is 83.7 Å². The van der Waals surface area contributed by atoms with Gasteiger partial charge in [0.15, 0.2) is 0 Å². The van der Waals surface area contributed by atoms with E-state index < -0.39 is 0 Å². The molecule has 1 unspecified atom stereocenters. The molecule has 0 fully saturated rings. The van der Waals surface area contributed by atoms with Gasteiger partial charge in [-0.05, 0) is 19.3 Å². The number of hydrogen-bond acceptors (Lipinski definition) is 3. The summed E-state index contributed by atoms with van der Waals surface area (Å²) in [6, 6.07) is 0.139. The van der Waals surface area contributed by atoms with Crippen LogP contribution in [0.3, 0.4) is 0 Å². The molecule has 0 spiro atoms. The average molecular weight is 195 g/mol. The van der Waals surface area contributed by atoms with Gasteiger partial charge in [0.05, 0.1) is 19.3 Å². The lowest BCUT2D eigenvalue weighted by Crippen LogP contribution is -2.12. The van der Waals surface area contributed by atoms with Crippen LogP contribution in [0.4, 0.5) is 0 Å². The molecule has 14 heavy (non-hydrogen) atoms. The molecular formula is C10H17N3O. The van der Waals surface area contributed by atoms with E-state index >= 15 is 0 Å². The van der Waals surface area contributed by atoms with E-state index in [1.54, 1.807) is 0 Å². The highest BCUT2D eigenvalue weighted by Gasteiger charge is 2.19. The zero-order chi connectivity index (χ0) is 9.97. The van der Waals surface area contributed by atoms with E-state index in [1.165, 1.54) is 24.1 Å². The SMILES string of the molecule is NC1CCCCc2c1cnn2CCO. The van der Waals surface area contributed by atoms with Crippen LogP contribution >= 0.6 is 0 Å². The molecule has 4 nitrogen and oxygen atoms in total. The normalized spacial score (nSPS) is 21.7. The molecule has 4 heteroatoms. The number of aromatic nitrogens is 2. The van der Waals surface area contributed by atoms with Crippen molar-refractivity contribution in [3.63, 3.8) is 0 Å². The third-order valence-corrected chi connectivity index (χ3v) is 2.87.